The lowest BCUT2D eigenvalue weighted by molar-refractivity contribution is -0.384. The predicted octanol–water partition coefficient (Wildman–Crippen LogP) is 3.57. The number of nitrogens with zero attached hydrogens (tertiary/aromatic N) is 2. The first kappa shape index (κ1) is 22.0. The highest BCUT2D eigenvalue weighted by molar-refractivity contribution is 7.80. The number of nitrogens with one attached hydrogen (secondary N) is 2. The molecule has 0 spiro atoms. The number of carbonyl (C=O) groups excluding carboxylic acids is 1. The molecule has 3 N–H and O–H groups in total. The molecule has 158 valence electrons. The Morgan fingerprint density at radius 1 is 1.23 bits per heavy atom. The monoisotopic (exact) mass is 470 g/mol. The molecule has 0 bridgehead atoms. The zero-order valence-electron chi connectivity index (χ0n) is 15.4. The van der Waals surface area contributed by atoms with Crippen LogP contribution in [0.25, 0.3) is 0 Å². The van der Waals surface area contributed by atoms with Crippen molar-refractivity contribution in [2.45, 2.75) is 0 Å². The van der Waals surface area contributed by atoms with E-state index < -0.39 is 10.8 Å². The van der Waals surface area contributed by atoms with E-state index in [1.807, 2.05) is 4.90 Å². The summed E-state index contributed by atoms with van der Waals surface area (Å²) in [5, 5.41) is 26.4. The molecule has 1 heterocycles. The lowest BCUT2D eigenvalue weighted by Gasteiger charge is -2.30. The Morgan fingerprint density at radius 2 is 1.93 bits per heavy atom. The first-order valence-corrected chi connectivity index (χ1v) is 9.84. The number of rotatable bonds is 4. The maximum atomic E-state index is 12.9. The molecule has 3 rings (SSSR count). The zero-order chi connectivity index (χ0) is 21.8. The van der Waals surface area contributed by atoms with Crippen molar-refractivity contribution >= 4 is 63.5 Å². The maximum absolute atomic E-state index is 12.9. The number of carbonyl (C=O) groups is 1. The van der Waals surface area contributed by atoms with Crippen molar-refractivity contribution in [3.63, 3.8) is 0 Å². The molecule has 0 aromatic heterocycles. The van der Waals surface area contributed by atoms with E-state index >= 15 is 0 Å². The van der Waals surface area contributed by atoms with Crippen molar-refractivity contribution in [2.24, 2.45) is 0 Å². The second kappa shape index (κ2) is 9.43. The molecule has 2 aromatic carbocycles. The predicted molar refractivity (Wildman–Crippen MR) is 118 cm³/mol. The van der Waals surface area contributed by atoms with Crippen LogP contribution in [0.3, 0.4) is 0 Å². The number of anilines is 2. The fourth-order valence-electron chi connectivity index (χ4n) is 2.88. The van der Waals surface area contributed by atoms with E-state index in [4.69, 9.17) is 40.2 Å². The van der Waals surface area contributed by atoms with Crippen LogP contribution in [0, 0.1) is 10.1 Å². The number of hydrogen-bond donors (Lipinski definition) is 3. The third-order valence-corrected chi connectivity index (χ3v) is 5.00. The molecule has 30 heavy (non-hydrogen) atoms. The number of halogens is 2. The van der Waals surface area contributed by atoms with Crippen LogP contribution < -0.4 is 15.5 Å². The summed E-state index contributed by atoms with van der Waals surface area (Å²) >= 11 is 16.9. The number of nitro groups is 1. The van der Waals surface area contributed by atoms with E-state index in [0.717, 1.165) is 0 Å². The lowest BCUT2D eigenvalue weighted by Crippen LogP contribution is -2.39. The minimum Gasteiger partial charge on any atom is -0.504 e. The minimum atomic E-state index is -0.648. The van der Waals surface area contributed by atoms with E-state index in [1.165, 1.54) is 30.3 Å². The number of phenols is 1. The van der Waals surface area contributed by atoms with Crippen LogP contribution in [0.2, 0.25) is 10.0 Å². The highest BCUT2D eigenvalue weighted by Crippen LogP contribution is 2.35. The van der Waals surface area contributed by atoms with Crippen LogP contribution in [0.15, 0.2) is 30.3 Å². The average Bonchev–Trinajstić information content (AvgIpc) is 2.71. The van der Waals surface area contributed by atoms with Crippen LogP contribution in [0.4, 0.5) is 17.1 Å². The number of morpholine rings is 1. The van der Waals surface area contributed by atoms with Gasteiger partial charge in [0.2, 0.25) is 0 Å². The molecule has 1 aliphatic rings. The van der Waals surface area contributed by atoms with Crippen molar-refractivity contribution < 1.29 is 19.6 Å². The van der Waals surface area contributed by atoms with Crippen LogP contribution in [-0.4, -0.2) is 47.4 Å². The molecular weight excluding hydrogens is 455 g/mol. The molecule has 1 fully saturated rings. The second-order valence-corrected chi connectivity index (χ2v) is 7.50. The van der Waals surface area contributed by atoms with Crippen LogP contribution in [0.1, 0.15) is 10.4 Å². The molecule has 0 atom stereocenters. The van der Waals surface area contributed by atoms with Gasteiger partial charge in [0.05, 0.1) is 40.1 Å². The van der Waals surface area contributed by atoms with Crippen molar-refractivity contribution in [2.75, 3.05) is 36.5 Å². The number of ether oxygens (including phenoxy) is 1. The SMILES string of the molecule is O=C(NC(=S)Nc1cc(Cl)cc(Cl)c1O)c1cc([N+](=O)[O-])ccc1N1CCOCC1. The van der Waals surface area contributed by atoms with Gasteiger partial charge in [0.15, 0.2) is 10.9 Å². The summed E-state index contributed by atoms with van der Waals surface area (Å²) in [6.07, 6.45) is 0. The van der Waals surface area contributed by atoms with Crippen molar-refractivity contribution in [1.82, 2.24) is 5.32 Å². The molecule has 1 aliphatic heterocycles. The van der Waals surface area contributed by atoms with Gasteiger partial charge in [-0.2, -0.15) is 0 Å². The molecule has 0 radical (unpaired) electrons. The molecule has 0 aliphatic carbocycles. The minimum absolute atomic E-state index is 0.00687. The summed E-state index contributed by atoms with van der Waals surface area (Å²) in [6.45, 7) is 2.03. The third-order valence-electron chi connectivity index (χ3n) is 4.29. The first-order valence-electron chi connectivity index (χ1n) is 8.67. The Labute approximate surface area is 186 Å². The summed E-state index contributed by atoms with van der Waals surface area (Å²) in [4.78, 5) is 25.4. The highest BCUT2D eigenvalue weighted by Gasteiger charge is 2.23. The van der Waals surface area contributed by atoms with Gasteiger partial charge in [-0.05, 0) is 30.4 Å². The van der Waals surface area contributed by atoms with Gasteiger partial charge in [-0.15, -0.1) is 0 Å². The molecule has 0 saturated carbocycles. The Kier molecular flexibility index (Phi) is 6.93. The number of aromatic hydroxyl groups is 1. The quantitative estimate of drug-likeness (QED) is 0.268. The third kappa shape index (κ3) is 5.08. The fourth-order valence-corrected chi connectivity index (χ4v) is 3.58. The number of hydrogen-bond acceptors (Lipinski definition) is 7. The maximum Gasteiger partial charge on any atom is 0.270 e. The molecular formula is C18H16Cl2N4O5S. The van der Waals surface area contributed by atoms with Crippen LogP contribution in [0.5, 0.6) is 5.75 Å². The summed E-state index contributed by atoms with van der Waals surface area (Å²) < 4.78 is 5.32. The molecule has 12 heteroatoms. The van der Waals surface area contributed by atoms with E-state index in [0.29, 0.717) is 32.0 Å². The fraction of sp³-hybridized carbons (Fsp3) is 0.222. The Bertz CT molecular complexity index is 1010. The molecule has 9 nitrogen and oxygen atoms in total. The Balaban J connectivity index is 1.83. The van der Waals surface area contributed by atoms with E-state index in [9.17, 15) is 20.0 Å². The average molecular weight is 471 g/mol. The summed E-state index contributed by atoms with van der Waals surface area (Å²) in [7, 11) is 0. The molecule has 2 aromatic rings. The largest absolute Gasteiger partial charge is 0.504 e. The second-order valence-electron chi connectivity index (χ2n) is 6.25. The Hall–Kier alpha value is -2.66. The zero-order valence-corrected chi connectivity index (χ0v) is 17.7. The smallest absolute Gasteiger partial charge is 0.270 e. The van der Waals surface area contributed by atoms with Gasteiger partial charge in [0.25, 0.3) is 11.6 Å². The number of amides is 1. The van der Waals surface area contributed by atoms with Gasteiger partial charge in [0.1, 0.15) is 0 Å². The van der Waals surface area contributed by atoms with E-state index in [1.54, 1.807) is 0 Å². The molecule has 0 unspecified atom stereocenters. The summed E-state index contributed by atoms with van der Waals surface area (Å²) in [5.74, 6) is -0.938. The van der Waals surface area contributed by atoms with Gasteiger partial charge in [0, 0.05) is 30.2 Å². The van der Waals surface area contributed by atoms with Crippen molar-refractivity contribution in [1.29, 1.82) is 0 Å². The van der Waals surface area contributed by atoms with Crippen LogP contribution in [-0.2, 0) is 4.74 Å². The topological polar surface area (TPSA) is 117 Å². The highest BCUT2D eigenvalue weighted by atomic mass is 35.5. The van der Waals surface area contributed by atoms with Gasteiger partial charge in [-0.25, -0.2) is 0 Å². The standard InChI is InChI=1S/C18H16Cl2N4O5S/c19-10-7-13(20)16(25)14(8-10)21-18(30)22-17(26)12-9-11(24(27)28)1-2-15(12)23-3-5-29-6-4-23/h1-2,7-9,25H,3-6H2,(H2,21,22,26,30). The van der Waals surface area contributed by atoms with E-state index in [2.05, 4.69) is 10.6 Å². The number of phenolic OH excluding ortho intramolecular Hbond substituents is 1. The van der Waals surface area contributed by atoms with Gasteiger partial charge in [-0.3, -0.25) is 20.2 Å². The van der Waals surface area contributed by atoms with E-state index in [-0.39, 0.29) is 37.8 Å². The van der Waals surface area contributed by atoms with Crippen LogP contribution >= 0.6 is 35.4 Å². The molecule has 1 amide bonds. The van der Waals surface area contributed by atoms with Crippen molar-refractivity contribution in [3.8, 4) is 5.75 Å². The van der Waals surface area contributed by atoms with Gasteiger partial charge in [-0.1, -0.05) is 23.2 Å². The lowest BCUT2D eigenvalue weighted by atomic mass is 10.1. The van der Waals surface area contributed by atoms with Gasteiger partial charge >= 0.3 is 0 Å². The summed E-state index contributed by atoms with van der Waals surface area (Å²) in [6, 6.07) is 6.79. The number of benzene rings is 2. The van der Waals surface area contributed by atoms with Crippen molar-refractivity contribution in [3.05, 3.63) is 56.1 Å². The number of non-ortho nitro benzene ring substituents is 1. The first-order chi connectivity index (χ1) is 14.3. The Morgan fingerprint density at radius 3 is 2.60 bits per heavy atom. The number of nitro benzene ring substituents is 1. The number of thiocarbonyl (C=S) groups is 1. The molecule has 1 saturated heterocycles. The summed E-state index contributed by atoms with van der Waals surface area (Å²) in [5.41, 5.74) is 0.488. The normalized spacial score (nSPS) is 13.6. The van der Waals surface area contributed by atoms with Gasteiger partial charge < -0.3 is 20.1 Å².